The molecule has 3 nitrogen and oxygen atoms in total. The van der Waals surface area contributed by atoms with Gasteiger partial charge >= 0.3 is 0 Å². The Morgan fingerprint density at radius 3 is 2.94 bits per heavy atom. The molecule has 2 rings (SSSR count). The van der Waals surface area contributed by atoms with Gasteiger partial charge in [0.1, 0.15) is 0 Å². The first kappa shape index (κ1) is 12.6. The van der Waals surface area contributed by atoms with Crippen molar-refractivity contribution in [2.75, 3.05) is 6.54 Å². The van der Waals surface area contributed by atoms with Crippen molar-refractivity contribution in [2.24, 2.45) is 0 Å². The lowest BCUT2D eigenvalue weighted by Crippen LogP contribution is -2.21. The first-order valence-corrected chi connectivity index (χ1v) is 7.12. The van der Waals surface area contributed by atoms with Crippen LogP contribution in [0.2, 0.25) is 0 Å². The van der Waals surface area contributed by atoms with E-state index in [1.807, 2.05) is 0 Å². The molecule has 0 radical (unpaired) electrons. The van der Waals surface area contributed by atoms with Crippen LogP contribution in [0.1, 0.15) is 50.9 Å². The molecule has 1 aromatic rings. The zero-order valence-electron chi connectivity index (χ0n) is 11.2. The molecular formula is C14H25N3. The van der Waals surface area contributed by atoms with Gasteiger partial charge in [-0.1, -0.05) is 13.8 Å². The summed E-state index contributed by atoms with van der Waals surface area (Å²) in [6.07, 6.45) is 7.39. The maximum Gasteiger partial charge on any atom is 0.0624 e. The van der Waals surface area contributed by atoms with E-state index >= 15 is 0 Å². The van der Waals surface area contributed by atoms with Crippen LogP contribution in [-0.2, 0) is 19.4 Å². The molecule has 1 aromatic heterocycles. The Morgan fingerprint density at radius 2 is 2.29 bits per heavy atom. The highest BCUT2D eigenvalue weighted by Gasteiger charge is 2.13. The number of nitrogens with zero attached hydrogens (tertiary/aromatic N) is 2. The van der Waals surface area contributed by atoms with Gasteiger partial charge in [-0.3, -0.25) is 4.68 Å². The molecule has 17 heavy (non-hydrogen) atoms. The van der Waals surface area contributed by atoms with E-state index < -0.39 is 0 Å². The predicted octanol–water partition coefficient (Wildman–Crippen LogP) is 2.54. The molecule has 1 aliphatic rings. The van der Waals surface area contributed by atoms with Crippen LogP contribution in [0.15, 0.2) is 6.07 Å². The molecule has 2 heterocycles. The van der Waals surface area contributed by atoms with Crippen molar-refractivity contribution in [1.82, 2.24) is 15.1 Å². The van der Waals surface area contributed by atoms with Gasteiger partial charge in [-0.15, -0.1) is 0 Å². The Bertz CT molecular complexity index is 337. The third-order valence-corrected chi connectivity index (χ3v) is 3.72. The quantitative estimate of drug-likeness (QED) is 0.821. The Labute approximate surface area is 105 Å². The van der Waals surface area contributed by atoms with Crippen LogP contribution in [0.4, 0.5) is 0 Å². The largest absolute Gasteiger partial charge is 0.314 e. The summed E-state index contributed by atoms with van der Waals surface area (Å²) in [7, 11) is 0. The average Bonchev–Trinajstić information content (AvgIpc) is 2.98. The van der Waals surface area contributed by atoms with E-state index in [1.165, 1.54) is 43.6 Å². The number of aryl methyl sites for hydroxylation is 3. The first-order valence-electron chi connectivity index (χ1n) is 7.12. The molecule has 0 saturated carbocycles. The van der Waals surface area contributed by atoms with E-state index in [0.717, 1.165) is 25.4 Å². The van der Waals surface area contributed by atoms with Crippen molar-refractivity contribution >= 4 is 0 Å². The molecule has 96 valence electrons. The van der Waals surface area contributed by atoms with Crippen LogP contribution in [0, 0.1) is 0 Å². The van der Waals surface area contributed by atoms with Gasteiger partial charge in [-0.25, -0.2) is 0 Å². The molecule has 0 amide bonds. The van der Waals surface area contributed by atoms with Gasteiger partial charge in [0.2, 0.25) is 0 Å². The first-order chi connectivity index (χ1) is 8.33. The standard InChI is InChI=1S/C14H25N3/c1-3-12-11-14(4-2)17(16-12)10-6-8-13-7-5-9-15-13/h11,13,15H,3-10H2,1-2H3. The van der Waals surface area contributed by atoms with Crippen LogP contribution >= 0.6 is 0 Å². The van der Waals surface area contributed by atoms with Gasteiger partial charge in [0.25, 0.3) is 0 Å². The van der Waals surface area contributed by atoms with Gasteiger partial charge in [-0.2, -0.15) is 5.10 Å². The smallest absolute Gasteiger partial charge is 0.0624 e. The van der Waals surface area contributed by atoms with Crippen molar-refractivity contribution < 1.29 is 0 Å². The highest BCUT2D eigenvalue weighted by atomic mass is 15.3. The Balaban J connectivity index is 1.82. The lowest BCUT2D eigenvalue weighted by Gasteiger charge is -2.10. The lowest BCUT2D eigenvalue weighted by molar-refractivity contribution is 0.475. The van der Waals surface area contributed by atoms with Gasteiger partial charge < -0.3 is 5.32 Å². The SMILES string of the molecule is CCc1cc(CC)n(CCCC2CCCN2)n1. The number of nitrogens with one attached hydrogen (secondary N) is 1. The zero-order chi connectivity index (χ0) is 12.1. The van der Waals surface area contributed by atoms with Gasteiger partial charge in [-0.05, 0) is 51.1 Å². The normalized spacial score (nSPS) is 20.0. The molecule has 0 bridgehead atoms. The fourth-order valence-corrected chi connectivity index (χ4v) is 2.66. The average molecular weight is 235 g/mol. The summed E-state index contributed by atoms with van der Waals surface area (Å²) < 4.78 is 2.22. The third kappa shape index (κ3) is 3.32. The number of rotatable bonds is 6. The molecule has 1 unspecified atom stereocenters. The second-order valence-electron chi connectivity index (χ2n) is 4.99. The molecule has 1 aliphatic heterocycles. The van der Waals surface area contributed by atoms with Crippen LogP contribution in [-0.4, -0.2) is 22.4 Å². The van der Waals surface area contributed by atoms with Gasteiger partial charge in [0, 0.05) is 18.3 Å². The van der Waals surface area contributed by atoms with Crippen LogP contribution in [0.25, 0.3) is 0 Å². The van der Waals surface area contributed by atoms with Crippen molar-refractivity contribution in [3.05, 3.63) is 17.5 Å². The minimum absolute atomic E-state index is 0.765. The maximum atomic E-state index is 4.66. The van der Waals surface area contributed by atoms with E-state index in [0.29, 0.717) is 0 Å². The number of aromatic nitrogens is 2. The summed E-state index contributed by atoms with van der Waals surface area (Å²) >= 11 is 0. The van der Waals surface area contributed by atoms with Crippen LogP contribution in [0.5, 0.6) is 0 Å². The van der Waals surface area contributed by atoms with Gasteiger partial charge in [0.15, 0.2) is 0 Å². The fraction of sp³-hybridized carbons (Fsp3) is 0.786. The second-order valence-corrected chi connectivity index (χ2v) is 4.99. The molecule has 0 aliphatic carbocycles. The van der Waals surface area contributed by atoms with E-state index in [9.17, 15) is 0 Å². The van der Waals surface area contributed by atoms with Crippen molar-refractivity contribution in [1.29, 1.82) is 0 Å². The predicted molar refractivity (Wildman–Crippen MR) is 71.2 cm³/mol. The summed E-state index contributed by atoms with van der Waals surface area (Å²) in [6.45, 7) is 6.69. The molecule has 1 fully saturated rings. The fourth-order valence-electron chi connectivity index (χ4n) is 2.66. The summed E-state index contributed by atoms with van der Waals surface area (Å²) in [5, 5.41) is 8.22. The van der Waals surface area contributed by atoms with Crippen molar-refractivity contribution in [3.63, 3.8) is 0 Å². The lowest BCUT2D eigenvalue weighted by atomic mass is 10.1. The van der Waals surface area contributed by atoms with E-state index in [-0.39, 0.29) is 0 Å². The minimum atomic E-state index is 0.765. The topological polar surface area (TPSA) is 29.9 Å². The van der Waals surface area contributed by atoms with E-state index in [1.54, 1.807) is 0 Å². The molecule has 0 aromatic carbocycles. The summed E-state index contributed by atoms with van der Waals surface area (Å²) in [4.78, 5) is 0. The Morgan fingerprint density at radius 1 is 1.41 bits per heavy atom. The number of hydrogen-bond acceptors (Lipinski definition) is 2. The van der Waals surface area contributed by atoms with Crippen molar-refractivity contribution in [2.45, 2.75) is 65.0 Å². The summed E-state index contributed by atoms with van der Waals surface area (Å²) in [6, 6.07) is 3.02. The van der Waals surface area contributed by atoms with Crippen molar-refractivity contribution in [3.8, 4) is 0 Å². The highest BCUT2D eigenvalue weighted by molar-refractivity contribution is 5.10. The van der Waals surface area contributed by atoms with Gasteiger partial charge in [0.05, 0.1) is 5.69 Å². The molecule has 1 N–H and O–H groups in total. The second kappa shape index (κ2) is 6.20. The Hall–Kier alpha value is -0.830. The third-order valence-electron chi connectivity index (χ3n) is 3.72. The Kier molecular flexibility index (Phi) is 4.60. The van der Waals surface area contributed by atoms with E-state index in [2.05, 4.69) is 35.0 Å². The maximum absolute atomic E-state index is 4.66. The molecule has 1 atom stereocenters. The monoisotopic (exact) mass is 235 g/mol. The molecule has 0 spiro atoms. The van der Waals surface area contributed by atoms with E-state index in [4.69, 9.17) is 0 Å². The summed E-state index contributed by atoms with van der Waals surface area (Å²) in [5.74, 6) is 0. The molecule has 3 heteroatoms. The number of hydrogen-bond donors (Lipinski definition) is 1. The van der Waals surface area contributed by atoms with Crippen LogP contribution < -0.4 is 5.32 Å². The molecule has 1 saturated heterocycles. The molecular weight excluding hydrogens is 210 g/mol. The minimum Gasteiger partial charge on any atom is -0.314 e. The zero-order valence-corrected chi connectivity index (χ0v) is 11.2. The van der Waals surface area contributed by atoms with Crippen LogP contribution in [0.3, 0.4) is 0 Å². The highest BCUT2D eigenvalue weighted by Crippen LogP contribution is 2.13. The summed E-state index contributed by atoms with van der Waals surface area (Å²) in [5.41, 5.74) is 2.63.